The van der Waals surface area contributed by atoms with E-state index in [0.29, 0.717) is 40.6 Å². The van der Waals surface area contributed by atoms with E-state index in [1.807, 2.05) is 32.3 Å². The lowest BCUT2D eigenvalue weighted by Crippen LogP contribution is -2.32. The van der Waals surface area contributed by atoms with Gasteiger partial charge in [0.25, 0.3) is 5.91 Å². The molecule has 0 saturated carbocycles. The third-order valence-corrected chi connectivity index (χ3v) is 6.75. The number of carbonyl (C=O) groups is 2. The largest absolute Gasteiger partial charge is 0.326 e. The summed E-state index contributed by atoms with van der Waals surface area (Å²) in [5.41, 5.74) is 4.77. The maximum absolute atomic E-state index is 13.1. The second-order valence-corrected chi connectivity index (χ2v) is 9.22. The number of aryl methyl sites for hydroxylation is 2. The minimum atomic E-state index is -0.294. The molecule has 2 amide bonds. The van der Waals surface area contributed by atoms with Gasteiger partial charge in [-0.25, -0.2) is 4.52 Å². The van der Waals surface area contributed by atoms with Gasteiger partial charge in [0, 0.05) is 42.6 Å². The monoisotopic (exact) mass is 486 g/mol. The molecule has 2 N–H and O–H groups in total. The molecule has 1 saturated heterocycles. The number of fused-ring (bicyclic) bond motifs is 1. The molecule has 0 bridgehead atoms. The van der Waals surface area contributed by atoms with Crippen molar-refractivity contribution >= 4 is 28.7 Å². The lowest BCUT2D eigenvalue weighted by molar-refractivity contribution is -0.117. The Morgan fingerprint density at radius 3 is 2.75 bits per heavy atom. The molecule has 36 heavy (non-hydrogen) atoms. The lowest BCUT2D eigenvalue weighted by atomic mass is 10.1. The molecule has 4 heterocycles. The van der Waals surface area contributed by atoms with Gasteiger partial charge in [-0.2, -0.15) is 10.2 Å². The van der Waals surface area contributed by atoms with Gasteiger partial charge in [-0.3, -0.25) is 19.3 Å². The Hall–Kier alpha value is -4.05. The quantitative estimate of drug-likeness (QED) is 0.414. The summed E-state index contributed by atoms with van der Waals surface area (Å²) in [7, 11) is 1.84. The van der Waals surface area contributed by atoms with Crippen LogP contribution >= 0.6 is 0 Å². The van der Waals surface area contributed by atoms with Crippen molar-refractivity contribution < 1.29 is 9.59 Å². The van der Waals surface area contributed by atoms with E-state index < -0.39 is 0 Å². The minimum Gasteiger partial charge on any atom is -0.326 e. The molecule has 3 aromatic heterocycles. The number of nitrogens with one attached hydrogen (secondary N) is 2. The van der Waals surface area contributed by atoms with Crippen LogP contribution < -0.4 is 10.6 Å². The highest BCUT2D eigenvalue weighted by atomic mass is 16.2. The van der Waals surface area contributed by atoms with Crippen LogP contribution in [0.5, 0.6) is 0 Å². The molecule has 1 aliphatic rings. The van der Waals surface area contributed by atoms with Crippen LogP contribution in [-0.2, 0) is 11.8 Å². The first kappa shape index (κ1) is 23.7. The fourth-order valence-corrected chi connectivity index (χ4v) is 4.75. The Kier molecular flexibility index (Phi) is 6.51. The van der Waals surface area contributed by atoms with Crippen molar-refractivity contribution in [3.8, 4) is 11.3 Å². The number of aromatic nitrogens is 5. The van der Waals surface area contributed by atoms with Crippen LogP contribution in [0, 0.1) is 6.92 Å². The van der Waals surface area contributed by atoms with Gasteiger partial charge in [0.15, 0.2) is 0 Å². The molecule has 0 radical (unpaired) electrons. The summed E-state index contributed by atoms with van der Waals surface area (Å²) in [6, 6.07) is 5.83. The predicted octanol–water partition coefficient (Wildman–Crippen LogP) is 3.50. The van der Waals surface area contributed by atoms with Gasteiger partial charge in [-0.1, -0.05) is 13.0 Å². The van der Waals surface area contributed by atoms with Crippen molar-refractivity contribution in [3.05, 3.63) is 60.3 Å². The molecular weight excluding hydrogens is 456 g/mol. The third kappa shape index (κ3) is 4.85. The summed E-state index contributed by atoms with van der Waals surface area (Å²) in [6.07, 6.45) is 11.2. The molecular formula is C26H30N8O2. The van der Waals surface area contributed by atoms with Crippen molar-refractivity contribution in [2.45, 2.75) is 39.2 Å². The van der Waals surface area contributed by atoms with Gasteiger partial charge in [0.2, 0.25) is 5.91 Å². The Balaban J connectivity index is 1.29. The summed E-state index contributed by atoms with van der Waals surface area (Å²) in [5.74, 6) is -0.309. The zero-order valence-corrected chi connectivity index (χ0v) is 20.7. The first-order valence-corrected chi connectivity index (χ1v) is 12.2. The highest BCUT2D eigenvalue weighted by Crippen LogP contribution is 2.24. The number of benzene rings is 1. The van der Waals surface area contributed by atoms with Gasteiger partial charge in [0.05, 0.1) is 41.6 Å². The van der Waals surface area contributed by atoms with E-state index in [0.717, 1.165) is 37.1 Å². The standard InChI is InChI=1S/C26H30N8O2/c1-4-33-9-5-6-20(33)11-25(35)30-19-8-7-17(2)22(10-19)31-26(36)21-13-29-34-16-23(27-14-24(21)34)18-12-28-32(3)15-18/h7-8,10,12-16,20H,4-6,9,11H2,1-3H3,(H,30,35)(H,31,36)/t20-/m0/s1. The van der Waals surface area contributed by atoms with Gasteiger partial charge < -0.3 is 15.5 Å². The first-order valence-electron chi connectivity index (χ1n) is 12.2. The summed E-state index contributed by atoms with van der Waals surface area (Å²) >= 11 is 0. The smallest absolute Gasteiger partial charge is 0.259 e. The molecule has 1 fully saturated rings. The second kappa shape index (κ2) is 9.90. The van der Waals surface area contributed by atoms with E-state index in [-0.39, 0.29) is 11.8 Å². The van der Waals surface area contributed by atoms with E-state index in [4.69, 9.17) is 0 Å². The molecule has 0 spiro atoms. The van der Waals surface area contributed by atoms with Crippen LogP contribution in [0.15, 0.2) is 49.2 Å². The molecule has 10 heteroatoms. The van der Waals surface area contributed by atoms with Crippen LogP contribution in [0.2, 0.25) is 0 Å². The van der Waals surface area contributed by atoms with Crippen molar-refractivity contribution in [3.63, 3.8) is 0 Å². The zero-order valence-electron chi connectivity index (χ0n) is 20.7. The van der Waals surface area contributed by atoms with Crippen LogP contribution in [0.25, 0.3) is 16.8 Å². The van der Waals surface area contributed by atoms with Crippen molar-refractivity contribution in [2.75, 3.05) is 23.7 Å². The molecule has 1 aromatic carbocycles. The normalized spacial score (nSPS) is 15.9. The summed E-state index contributed by atoms with van der Waals surface area (Å²) < 4.78 is 3.34. The highest BCUT2D eigenvalue weighted by molar-refractivity contribution is 6.09. The van der Waals surface area contributed by atoms with Gasteiger partial charge >= 0.3 is 0 Å². The van der Waals surface area contributed by atoms with E-state index in [1.165, 1.54) is 6.20 Å². The number of rotatable bonds is 7. The van der Waals surface area contributed by atoms with E-state index in [2.05, 4.69) is 37.6 Å². The number of hydrogen-bond donors (Lipinski definition) is 2. The summed E-state index contributed by atoms with van der Waals surface area (Å²) in [6.45, 7) is 6.06. The third-order valence-electron chi connectivity index (χ3n) is 6.75. The summed E-state index contributed by atoms with van der Waals surface area (Å²) in [5, 5.41) is 14.5. The van der Waals surface area contributed by atoms with Crippen molar-refractivity contribution in [2.24, 2.45) is 7.05 Å². The Labute approximate surface area is 209 Å². The van der Waals surface area contributed by atoms with E-state index >= 15 is 0 Å². The molecule has 0 unspecified atom stereocenters. The molecule has 4 aromatic rings. The molecule has 5 rings (SSSR count). The minimum absolute atomic E-state index is 0.0143. The Bertz CT molecular complexity index is 1420. The van der Waals surface area contributed by atoms with E-state index in [1.54, 1.807) is 33.9 Å². The highest BCUT2D eigenvalue weighted by Gasteiger charge is 2.25. The van der Waals surface area contributed by atoms with E-state index in [9.17, 15) is 9.59 Å². The topological polar surface area (TPSA) is 109 Å². The lowest BCUT2D eigenvalue weighted by Gasteiger charge is -2.22. The second-order valence-electron chi connectivity index (χ2n) is 9.22. The van der Waals surface area contributed by atoms with Gasteiger partial charge in [-0.15, -0.1) is 0 Å². The molecule has 1 aliphatic heterocycles. The van der Waals surface area contributed by atoms with Gasteiger partial charge in [0.1, 0.15) is 0 Å². The van der Waals surface area contributed by atoms with Crippen molar-refractivity contribution in [1.82, 2.24) is 29.3 Å². The van der Waals surface area contributed by atoms with Gasteiger partial charge in [-0.05, 0) is 50.6 Å². The fraction of sp³-hybridized carbons (Fsp3) is 0.346. The molecule has 10 nitrogen and oxygen atoms in total. The fourth-order valence-electron chi connectivity index (χ4n) is 4.75. The number of carbonyl (C=O) groups excluding carboxylic acids is 2. The van der Waals surface area contributed by atoms with Crippen LogP contribution in [-0.4, -0.2) is 60.2 Å². The summed E-state index contributed by atoms with van der Waals surface area (Å²) in [4.78, 5) is 32.6. The number of nitrogens with zero attached hydrogens (tertiary/aromatic N) is 6. The number of amides is 2. The predicted molar refractivity (Wildman–Crippen MR) is 138 cm³/mol. The van der Waals surface area contributed by atoms with Crippen molar-refractivity contribution in [1.29, 1.82) is 0 Å². The maximum Gasteiger partial charge on any atom is 0.259 e. The molecule has 0 aliphatic carbocycles. The average Bonchev–Trinajstić information content (AvgIpc) is 3.60. The number of hydrogen-bond acceptors (Lipinski definition) is 6. The number of likely N-dealkylation sites (tertiary alicyclic amines) is 1. The van der Waals surface area contributed by atoms with Crippen LogP contribution in [0.1, 0.15) is 42.1 Å². The van der Waals surface area contributed by atoms with Crippen LogP contribution in [0.3, 0.4) is 0 Å². The zero-order chi connectivity index (χ0) is 25.2. The Morgan fingerprint density at radius 1 is 1.11 bits per heavy atom. The molecule has 1 atom stereocenters. The number of anilines is 2. The first-order chi connectivity index (χ1) is 17.4. The SMILES string of the molecule is CCN1CCC[C@H]1CC(=O)Nc1ccc(C)c(NC(=O)c2cnn3cc(-c4cnn(C)c4)ncc23)c1. The molecule has 186 valence electrons. The maximum atomic E-state index is 13.1. The Morgan fingerprint density at radius 2 is 1.97 bits per heavy atom. The average molecular weight is 487 g/mol. The van der Waals surface area contributed by atoms with Crippen LogP contribution in [0.4, 0.5) is 11.4 Å².